The maximum absolute atomic E-state index is 12.6. The Labute approximate surface area is 117 Å². The molecule has 0 spiro atoms. The van der Waals surface area contributed by atoms with Gasteiger partial charge in [0.25, 0.3) is 0 Å². The number of ether oxygens (including phenoxy) is 2. The fraction of sp³-hybridized carbons (Fsp3) is 0.571. The molecule has 0 aliphatic carbocycles. The molecule has 1 aromatic rings. The lowest BCUT2D eigenvalue weighted by Gasteiger charge is -2.27. The number of benzene rings is 1. The minimum absolute atomic E-state index is 0.181. The number of halogens is 3. The Morgan fingerprint density at radius 2 is 1.65 bits per heavy atom. The summed E-state index contributed by atoms with van der Waals surface area (Å²) < 4.78 is 49.4. The third-order valence-electron chi connectivity index (χ3n) is 3.53. The highest BCUT2D eigenvalue weighted by Crippen LogP contribution is 2.39. The van der Waals surface area contributed by atoms with Crippen LogP contribution in [0, 0.1) is 0 Å². The largest absolute Gasteiger partial charge is 0.509 e. The van der Waals surface area contributed by atoms with E-state index < -0.39 is 18.0 Å². The van der Waals surface area contributed by atoms with Gasteiger partial charge < -0.3 is 22.4 Å². The summed E-state index contributed by atoms with van der Waals surface area (Å²) in [5, 5.41) is 0. The van der Waals surface area contributed by atoms with Gasteiger partial charge in [-0.3, -0.25) is 0 Å². The highest BCUT2D eigenvalue weighted by Gasteiger charge is 2.47. The molecule has 0 amide bonds. The van der Waals surface area contributed by atoms with E-state index >= 15 is 0 Å². The van der Waals surface area contributed by atoms with Crippen LogP contribution in [0.1, 0.15) is 34.1 Å². The zero-order valence-electron chi connectivity index (χ0n) is 12.1. The Balaban J connectivity index is 2.11. The van der Waals surface area contributed by atoms with Crippen LogP contribution in [0.3, 0.4) is 0 Å². The maximum atomic E-state index is 12.6. The van der Waals surface area contributed by atoms with E-state index in [1.807, 2.05) is 27.7 Å². The fourth-order valence-electron chi connectivity index (χ4n) is 2.62. The molecule has 1 unspecified atom stereocenters. The predicted octanol–water partition coefficient (Wildman–Crippen LogP) is 3.47. The lowest BCUT2D eigenvalue weighted by molar-refractivity contribution is -0.0846. The molecule has 20 heavy (non-hydrogen) atoms. The second-order valence-corrected chi connectivity index (χ2v) is 6.42. The number of hydrogen-bond donors (Lipinski definition) is 0. The van der Waals surface area contributed by atoms with Crippen molar-refractivity contribution in [2.45, 2.75) is 51.4 Å². The summed E-state index contributed by atoms with van der Waals surface area (Å²) in [6.45, 7) is 2.86. The van der Waals surface area contributed by atoms with E-state index in [0.717, 1.165) is 12.1 Å². The average Bonchev–Trinajstić information content (AvgIpc) is 2.46. The molecule has 0 saturated carbocycles. The summed E-state index contributed by atoms with van der Waals surface area (Å²) >= 11 is 0. The molecule has 1 aliphatic rings. The molecule has 1 atom stereocenters. The van der Waals surface area contributed by atoms with Crippen LogP contribution in [0.2, 0.25) is 0 Å². The van der Waals surface area contributed by atoms with E-state index in [1.165, 1.54) is 12.1 Å². The maximum Gasteiger partial charge on any atom is 0.509 e. The Bertz CT molecular complexity index is 480. The van der Waals surface area contributed by atoms with E-state index in [-0.39, 0.29) is 11.7 Å². The van der Waals surface area contributed by atoms with Gasteiger partial charge in [-0.25, -0.2) is 0 Å². The molecule has 2 rings (SSSR count). The summed E-state index contributed by atoms with van der Waals surface area (Å²) in [6, 6.07) is 4.85. The molecule has 112 valence electrons. The van der Waals surface area contributed by atoms with Crippen molar-refractivity contribution in [3.8, 4) is 5.75 Å². The van der Waals surface area contributed by atoms with Crippen LogP contribution in [0.5, 0.6) is 5.75 Å². The van der Waals surface area contributed by atoms with Gasteiger partial charge in [0.15, 0.2) is 0 Å². The first kappa shape index (κ1) is 15.2. The second kappa shape index (κ2) is 4.69. The summed E-state index contributed by atoms with van der Waals surface area (Å²) in [7, 11) is 0. The first-order chi connectivity index (χ1) is 9.00. The van der Waals surface area contributed by atoms with Crippen LogP contribution in [0.4, 0.5) is 12.9 Å². The second-order valence-electron chi connectivity index (χ2n) is 6.42. The van der Waals surface area contributed by atoms with Gasteiger partial charge >= 0.3 is 6.98 Å². The minimum atomic E-state index is -4.96. The third kappa shape index (κ3) is 3.29. The summed E-state index contributed by atoms with van der Waals surface area (Å²) in [4.78, 5) is 0. The van der Waals surface area contributed by atoms with Gasteiger partial charge in [-0.2, -0.15) is 0 Å². The zero-order valence-corrected chi connectivity index (χ0v) is 12.1. The quantitative estimate of drug-likeness (QED) is 0.793. The van der Waals surface area contributed by atoms with E-state index in [9.17, 15) is 12.9 Å². The zero-order chi connectivity index (χ0) is 15.2. The number of rotatable bonds is 3. The van der Waals surface area contributed by atoms with E-state index in [1.54, 1.807) is 0 Å². The molecule has 1 aromatic carbocycles. The highest BCUT2D eigenvalue weighted by atomic mass is 19.4. The van der Waals surface area contributed by atoms with Gasteiger partial charge in [-0.1, -0.05) is 12.1 Å². The molecule has 1 heterocycles. The average molecular weight is 287 g/mol. The van der Waals surface area contributed by atoms with Crippen LogP contribution in [0.25, 0.3) is 0 Å². The van der Waals surface area contributed by atoms with Crippen LogP contribution < -0.4 is 10.2 Å². The van der Waals surface area contributed by atoms with Crippen molar-refractivity contribution in [2.24, 2.45) is 0 Å². The first-order valence-electron chi connectivity index (χ1n) is 6.66. The minimum Gasteiger partial charge on any atom is -0.487 e. The molecule has 0 bridgehead atoms. The van der Waals surface area contributed by atoms with Gasteiger partial charge in [0.1, 0.15) is 17.5 Å². The predicted molar refractivity (Wildman–Crippen MR) is 73.4 cm³/mol. The van der Waals surface area contributed by atoms with Crippen molar-refractivity contribution >= 4 is 12.4 Å². The van der Waals surface area contributed by atoms with Crippen molar-refractivity contribution in [2.75, 3.05) is 0 Å². The van der Waals surface area contributed by atoms with E-state index in [2.05, 4.69) is 0 Å². The lowest BCUT2D eigenvalue weighted by Crippen LogP contribution is -2.37. The number of hydrogen-bond acceptors (Lipinski definition) is 2. The molecular weight excluding hydrogens is 268 g/mol. The van der Waals surface area contributed by atoms with Crippen molar-refractivity contribution < 1.29 is 22.4 Å². The van der Waals surface area contributed by atoms with Crippen LogP contribution in [0.15, 0.2) is 24.3 Å². The highest BCUT2D eigenvalue weighted by molar-refractivity contribution is 6.73. The molecule has 2 nitrogen and oxygen atoms in total. The van der Waals surface area contributed by atoms with Crippen LogP contribution in [-0.2, 0) is 4.74 Å². The Morgan fingerprint density at radius 3 is 2.05 bits per heavy atom. The molecule has 0 radical (unpaired) electrons. The molecular formula is C14H19BF3O2-. The van der Waals surface area contributed by atoms with E-state index in [4.69, 9.17) is 9.47 Å². The molecule has 6 heteroatoms. The molecule has 1 saturated heterocycles. The van der Waals surface area contributed by atoms with Gasteiger partial charge in [0.05, 0.1) is 5.60 Å². The van der Waals surface area contributed by atoms with Gasteiger partial charge in [0, 0.05) is 6.42 Å². The van der Waals surface area contributed by atoms with Gasteiger partial charge in [-0.05, 0) is 39.8 Å². The monoisotopic (exact) mass is 287 g/mol. The fourth-order valence-corrected chi connectivity index (χ4v) is 2.62. The molecule has 0 aromatic heterocycles. The summed E-state index contributed by atoms with van der Waals surface area (Å²) in [5.74, 6) is 0.438. The van der Waals surface area contributed by atoms with Crippen LogP contribution in [-0.4, -0.2) is 24.3 Å². The van der Waals surface area contributed by atoms with Crippen molar-refractivity contribution in [1.82, 2.24) is 0 Å². The summed E-state index contributed by atoms with van der Waals surface area (Å²) in [5.41, 5.74) is -1.36. The first-order valence-corrected chi connectivity index (χ1v) is 6.66. The smallest absolute Gasteiger partial charge is 0.487 e. The molecule has 0 N–H and O–H groups in total. The topological polar surface area (TPSA) is 18.5 Å². The van der Waals surface area contributed by atoms with E-state index in [0.29, 0.717) is 12.2 Å². The molecule has 1 fully saturated rings. The standard InChI is InChI=1S/C14H19BF3O2/c1-13(2)9-12(14(3,4)20-13)19-11-7-5-10(6-8-11)15(16,17)18/h5-8,12H,9H2,1-4H3/q-1. The van der Waals surface area contributed by atoms with Gasteiger partial charge in [-0.15, -0.1) is 5.46 Å². The molecule has 1 aliphatic heterocycles. The van der Waals surface area contributed by atoms with Crippen LogP contribution >= 0.6 is 0 Å². The van der Waals surface area contributed by atoms with Crippen molar-refractivity contribution in [3.63, 3.8) is 0 Å². The summed E-state index contributed by atoms with van der Waals surface area (Å²) in [6.07, 6.45) is 0.519. The normalized spacial score (nSPS) is 24.6. The Kier molecular flexibility index (Phi) is 3.57. The third-order valence-corrected chi connectivity index (χ3v) is 3.53. The van der Waals surface area contributed by atoms with Gasteiger partial charge in [0.2, 0.25) is 0 Å². The Hall–Kier alpha value is -1.17. The lowest BCUT2D eigenvalue weighted by atomic mass is 9.80. The van der Waals surface area contributed by atoms with Crippen molar-refractivity contribution in [1.29, 1.82) is 0 Å². The SMILES string of the molecule is CC1(C)CC(Oc2ccc([B-](F)(F)F)cc2)C(C)(C)O1. The van der Waals surface area contributed by atoms with Crippen molar-refractivity contribution in [3.05, 3.63) is 24.3 Å². The Morgan fingerprint density at radius 1 is 1.10 bits per heavy atom.